The third-order valence-electron chi connectivity index (χ3n) is 1.77. The van der Waals surface area contributed by atoms with E-state index < -0.39 is 0 Å². The van der Waals surface area contributed by atoms with E-state index in [2.05, 4.69) is 11.6 Å². The van der Waals surface area contributed by atoms with Crippen molar-refractivity contribution in [2.75, 3.05) is 0 Å². The molecule has 0 spiro atoms. The van der Waals surface area contributed by atoms with Crippen LogP contribution in [0.1, 0.15) is 18.1 Å². The highest BCUT2D eigenvalue weighted by molar-refractivity contribution is 6.00. The smallest absolute Gasteiger partial charge is 0.267 e. The van der Waals surface area contributed by atoms with E-state index in [4.69, 9.17) is 0 Å². The Bertz CT molecular complexity index is 374. The summed E-state index contributed by atoms with van der Waals surface area (Å²) in [5.41, 5.74) is 2.56. The first-order valence-corrected chi connectivity index (χ1v) is 4.40. The molecule has 2 heteroatoms. The molecule has 0 aliphatic rings. The van der Waals surface area contributed by atoms with Gasteiger partial charge in [-0.15, -0.1) is 0 Å². The number of rotatable bonds is 2. The van der Waals surface area contributed by atoms with Gasteiger partial charge in [0.2, 0.25) is 0 Å². The van der Waals surface area contributed by atoms with E-state index in [9.17, 15) is 4.79 Å². The van der Waals surface area contributed by atoms with Crippen molar-refractivity contribution in [3.63, 3.8) is 0 Å². The Morgan fingerprint density at radius 2 is 1.93 bits per heavy atom. The van der Waals surface area contributed by atoms with Crippen molar-refractivity contribution in [3.8, 4) is 0 Å². The Morgan fingerprint density at radius 3 is 2.43 bits per heavy atom. The van der Waals surface area contributed by atoms with Crippen molar-refractivity contribution in [1.82, 2.24) is 0 Å². The van der Waals surface area contributed by atoms with Crippen LogP contribution in [0.15, 0.2) is 41.4 Å². The summed E-state index contributed by atoms with van der Waals surface area (Å²) in [6.07, 6.45) is 1.55. The highest BCUT2D eigenvalue weighted by Crippen LogP contribution is 2.00. The molecule has 1 rings (SSSR count). The molecule has 0 fully saturated rings. The fraction of sp³-hybridized carbons (Fsp3) is 0.167. The molecule has 72 valence electrons. The average Bonchev–Trinajstić information content (AvgIpc) is 2.16. The third kappa shape index (κ3) is 2.98. The third-order valence-corrected chi connectivity index (χ3v) is 1.77. The SMILES string of the molecule is C=C(C)C(=O)N=Cc1ccc(C)cc1. The molecule has 0 N–H and O–H groups in total. The Labute approximate surface area is 84.0 Å². The number of hydrogen-bond donors (Lipinski definition) is 0. The first-order valence-electron chi connectivity index (χ1n) is 4.40. The molecule has 2 nitrogen and oxygen atoms in total. The number of hydrogen-bond acceptors (Lipinski definition) is 1. The average molecular weight is 187 g/mol. The second kappa shape index (κ2) is 4.51. The summed E-state index contributed by atoms with van der Waals surface area (Å²) in [5, 5.41) is 0. The van der Waals surface area contributed by atoms with E-state index in [1.54, 1.807) is 13.1 Å². The maximum atomic E-state index is 11.1. The van der Waals surface area contributed by atoms with Crippen molar-refractivity contribution in [1.29, 1.82) is 0 Å². The summed E-state index contributed by atoms with van der Waals surface area (Å²) >= 11 is 0. The second-order valence-electron chi connectivity index (χ2n) is 3.25. The normalized spacial score (nSPS) is 10.4. The summed E-state index contributed by atoms with van der Waals surface area (Å²) in [6, 6.07) is 7.80. The van der Waals surface area contributed by atoms with E-state index in [0.717, 1.165) is 5.56 Å². The Balaban J connectivity index is 2.74. The van der Waals surface area contributed by atoms with E-state index >= 15 is 0 Å². The van der Waals surface area contributed by atoms with Crippen LogP contribution in [0.3, 0.4) is 0 Å². The van der Waals surface area contributed by atoms with Crippen LogP contribution in [0.5, 0.6) is 0 Å². The van der Waals surface area contributed by atoms with Crippen LogP contribution in [0, 0.1) is 6.92 Å². The van der Waals surface area contributed by atoms with Gasteiger partial charge in [-0.1, -0.05) is 36.4 Å². The van der Waals surface area contributed by atoms with E-state index in [1.165, 1.54) is 5.56 Å². The monoisotopic (exact) mass is 187 g/mol. The number of aliphatic imine (C=N–C) groups is 1. The standard InChI is InChI=1S/C12H13NO/c1-9(2)12(14)13-8-11-6-4-10(3)5-7-11/h4-8H,1H2,2-3H3. The topological polar surface area (TPSA) is 29.4 Å². The number of benzene rings is 1. The number of aryl methyl sites for hydroxylation is 1. The molecule has 1 amide bonds. The lowest BCUT2D eigenvalue weighted by Gasteiger charge is -1.94. The van der Waals surface area contributed by atoms with Crippen LogP contribution < -0.4 is 0 Å². The second-order valence-corrected chi connectivity index (χ2v) is 3.25. The summed E-state index contributed by atoms with van der Waals surface area (Å²) in [4.78, 5) is 14.8. The number of carbonyl (C=O) groups is 1. The van der Waals surface area contributed by atoms with Gasteiger partial charge in [0.05, 0.1) is 0 Å². The van der Waals surface area contributed by atoms with Crippen LogP contribution >= 0.6 is 0 Å². The van der Waals surface area contributed by atoms with Crippen molar-refractivity contribution in [2.45, 2.75) is 13.8 Å². The summed E-state index contributed by atoms with van der Waals surface area (Å²) < 4.78 is 0. The summed E-state index contributed by atoms with van der Waals surface area (Å²) in [5.74, 6) is -0.273. The zero-order valence-electron chi connectivity index (χ0n) is 8.45. The van der Waals surface area contributed by atoms with Crippen LogP contribution in [-0.2, 0) is 4.79 Å². The predicted octanol–water partition coefficient (Wildman–Crippen LogP) is 2.52. The quantitative estimate of drug-likeness (QED) is 0.516. The fourth-order valence-corrected chi connectivity index (χ4v) is 0.896. The summed E-state index contributed by atoms with van der Waals surface area (Å²) in [6.45, 7) is 7.18. The molecule has 1 aromatic rings. The van der Waals surface area contributed by atoms with Gasteiger partial charge in [-0.2, -0.15) is 0 Å². The first kappa shape index (κ1) is 10.4. The van der Waals surface area contributed by atoms with Crippen molar-refractivity contribution in [2.24, 2.45) is 4.99 Å². The molecule has 0 saturated carbocycles. The van der Waals surface area contributed by atoms with Crippen molar-refractivity contribution >= 4 is 12.1 Å². The van der Waals surface area contributed by atoms with Crippen LogP contribution in [-0.4, -0.2) is 12.1 Å². The van der Waals surface area contributed by atoms with Gasteiger partial charge < -0.3 is 0 Å². The number of amides is 1. The van der Waals surface area contributed by atoms with Crippen molar-refractivity contribution in [3.05, 3.63) is 47.5 Å². The lowest BCUT2D eigenvalue weighted by Crippen LogP contribution is -1.94. The number of carbonyl (C=O) groups excluding carboxylic acids is 1. The van der Waals surface area contributed by atoms with Gasteiger partial charge >= 0.3 is 0 Å². The van der Waals surface area contributed by atoms with E-state index in [1.807, 2.05) is 31.2 Å². The fourth-order valence-electron chi connectivity index (χ4n) is 0.896. The minimum atomic E-state index is -0.273. The summed E-state index contributed by atoms with van der Waals surface area (Å²) in [7, 11) is 0. The molecule has 0 radical (unpaired) electrons. The van der Waals surface area contributed by atoms with Gasteiger partial charge in [0, 0.05) is 11.8 Å². The minimum absolute atomic E-state index is 0.273. The van der Waals surface area contributed by atoms with Gasteiger partial charge in [0.1, 0.15) is 0 Å². The van der Waals surface area contributed by atoms with Gasteiger partial charge in [-0.05, 0) is 19.4 Å². The van der Waals surface area contributed by atoms with E-state index in [0.29, 0.717) is 5.57 Å². The van der Waals surface area contributed by atoms with Gasteiger partial charge in [0.25, 0.3) is 5.91 Å². The maximum Gasteiger partial charge on any atom is 0.272 e. The molecule has 1 aromatic carbocycles. The maximum absolute atomic E-state index is 11.1. The minimum Gasteiger partial charge on any atom is -0.267 e. The molecular formula is C12H13NO. The van der Waals surface area contributed by atoms with Crippen LogP contribution in [0.25, 0.3) is 0 Å². The molecule has 0 atom stereocenters. The molecule has 14 heavy (non-hydrogen) atoms. The van der Waals surface area contributed by atoms with Gasteiger partial charge in [0.15, 0.2) is 0 Å². The Kier molecular flexibility index (Phi) is 3.35. The first-order chi connectivity index (χ1) is 6.59. The van der Waals surface area contributed by atoms with Crippen LogP contribution in [0.2, 0.25) is 0 Å². The van der Waals surface area contributed by atoms with Crippen molar-refractivity contribution < 1.29 is 4.79 Å². The Morgan fingerprint density at radius 1 is 1.36 bits per heavy atom. The highest BCUT2D eigenvalue weighted by atomic mass is 16.1. The largest absolute Gasteiger partial charge is 0.272 e. The lowest BCUT2D eigenvalue weighted by atomic mass is 10.2. The molecule has 0 heterocycles. The van der Waals surface area contributed by atoms with Gasteiger partial charge in [-0.25, -0.2) is 4.99 Å². The zero-order chi connectivity index (χ0) is 10.6. The molecular weight excluding hydrogens is 174 g/mol. The highest BCUT2D eigenvalue weighted by Gasteiger charge is 1.96. The Hall–Kier alpha value is -1.70. The molecule has 0 saturated heterocycles. The van der Waals surface area contributed by atoms with E-state index in [-0.39, 0.29) is 5.91 Å². The molecule has 0 aromatic heterocycles. The lowest BCUT2D eigenvalue weighted by molar-refractivity contribution is -0.114. The molecule has 0 aliphatic carbocycles. The molecule has 0 unspecified atom stereocenters. The van der Waals surface area contributed by atoms with Crippen LogP contribution in [0.4, 0.5) is 0 Å². The molecule has 0 bridgehead atoms. The van der Waals surface area contributed by atoms with Gasteiger partial charge in [-0.3, -0.25) is 4.79 Å². The zero-order valence-corrected chi connectivity index (χ0v) is 8.45. The molecule has 0 aliphatic heterocycles. The number of nitrogens with zero attached hydrogens (tertiary/aromatic N) is 1. The predicted molar refractivity (Wildman–Crippen MR) is 58.6 cm³/mol.